The summed E-state index contributed by atoms with van der Waals surface area (Å²) >= 11 is 6.32. The number of aromatic nitrogens is 3. The van der Waals surface area contributed by atoms with Crippen LogP contribution in [0.3, 0.4) is 0 Å². The van der Waals surface area contributed by atoms with E-state index in [0.29, 0.717) is 11.7 Å². The summed E-state index contributed by atoms with van der Waals surface area (Å²) in [6, 6.07) is 2.30. The summed E-state index contributed by atoms with van der Waals surface area (Å²) in [5.74, 6) is 0. The first-order chi connectivity index (χ1) is 10.3. The standard InChI is InChI=1S/C16H25ClN4O/c1-11(2)21-15-13(9-19-21)7-12(14(17)20-15)8-18-10-16(3,4)5-6-22/h7,9,11,18,22H,5-6,8,10H2,1-4H3. The number of rotatable bonds is 7. The number of aliphatic hydroxyl groups is 1. The Bertz CT molecular complexity index is 636. The van der Waals surface area contributed by atoms with E-state index < -0.39 is 0 Å². The van der Waals surface area contributed by atoms with E-state index in [1.807, 2.05) is 16.9 Å². The third-order valence-electron chi connectivity index (χ3n) is 3.79. The summed E-state index contributed by atoms with van der Waals surface area (Å²) in [5, 5.41) is 18.3. The summed E-state index contributed by atoms with van der Waals surface area (Å²) in [6.45, 7) is 10.1. The molecule has 0 unspecified atom stereocenters. The fourth-order valence-corrected chi connectivity index (χ4v) is 2.63. The van der Waals surface area contributed by atoms with E-state index in [-0.39, 0.29) is 18.1 Å². The number of nitrogens with zero attached hydrogens (tertiary/aromatic N) is 3. The van der Waals surface area contributed by atoms with Gasteiger partial charge < -0.3 is 10.4 Å². The van der Waals surface area contributed by atoms with Gasteiger partial charge in [-0.05, 0) is 31.7 Å². The van der Waals surface area contributed by atoms with Gasteiger partial charge in [0, 0.05) is 36.7 Å². The molecule has 2 aromatic heterocycles. The molecule has 0 bridgehead atoms. The quantitative estimate of drug-likeness (QED) is 0.768. The van der Waals surface area contributed by atoms with E-state index in [1.165, 1.54) is 0 Å². The van der Waals surface area contributed by atoms with Gasteiger partial charge in [-0.2, -0.15) is 5.10 Å². The largest absolute Gasteiger partial charge is 0.396 e. The van der Waals surface area contributed by atoms with E-state index in [0.717, 1.165) is 29.6 Å². The third kappa shape index (κ3) is 3.97. The molecular formula is C16H25ClN4O. The van der Waals surface area contributed by atoms with Crippen molar-refractivity contribution in [3.05, 3.63) is 23.0 Å². The first-order valence-electron chi connectivity index (χ1n) is 7.68. The second-order valence-electron chi connectivity index (χ2n) is 6.78. The number of fused-ring (bicyclic) bond motifs is 1. The molecule has 0 spiro atoms. The molecular weight excluding hydrogens is 300 g/mol. The Labute approximate surface area is 136 Å². The van der Waals surface area contributed by atoms with Crippen molar-refractivity contribution >= 4 is 22.6 Å². The Morgan fingerprint density at radius 1 is 1.41 bits per heavy atom. The lowest BCUT2D eigenvalue weighted by Crippen LogP contribution is -2.30. The second-order valence-corrected chi connectivity index (χ2v) is 7.13. The van der Waals surface area contributed by atoms with Gasteiger partial charge in [0.05, 0.1) is 6.20 Å². The zero-order chi connectivity index (χ0) is 16.3. The van der Waals surface area contributed by atoms with Crippen molar-refractivity contribution in [1.29, 1.82) is 0 Å². The van der Waals surface area contributed by atoms with Crippen molar-refractivity contribution in [3.63, 3.8) is 0 Å². The van der Waals surface area contributed by atoms with Crippen molar-refractivity contribution in [2.24, 2.45) is 5.41 Å². The van der Waals surface area contributed by atoms with Crippen LogP contribution in [0, 0.1) is 5.41 Å². The first kappa shape index (κ1) is 17.2. The Kier molecular flexibility index (Phi) is 5.42. The van der Waals surface area contributed by atoms with Crippen LogP contribution in [-0.4, -0.2) is 33.0 Å². The van der Waals surface area contributed by atoms with Crippen LogP contribution in [0.5, 0.6) is 0 Å². The van der Waals surface area contributed by atoms with Gasteiger partial charge in [0.2, 0.25) is 0 Å². The van der Waals surface area contributed by atoms with E-state index >= 15 is 0 Å². The molecule has 2 rings (SSSR count). The van der Waals surface area contributed by atoms with Gasteiger partial charge in [-0.3, -0.25) is 0 Å². The molecule has 0 aromatic carbocycles. The molecule has 0 aliphatic heterocycles. The Hall–Kier alpha value is -1.17. The van der Waals surface area contributed by atoms with Crippen LogP contribution in [0.4, 0.5) is 0 Å². The average molecular weight is 325 g/mol. The lowest BCUT2D eigenvalue weighted by atomic mass is 9.90. The molecule has 0 radical (unpaired) electrons. The van der Waals surface area contributed by atoms with E-state index in [1.54, 1.807) is 0 Å². The molecule has 0 amide bonds. The van der Waals surface area contributed by atoms with Gasteiger partial charge >= 0.3 is 0 Å². The molecule has 2 aromatic rings. The number of hydrogen-bond acceptors (Lipinski definition) is 4. The second kappa shape index (κ2) is 6.94. The van der Waals surface area contributed by atoms with Crippen LogP contribution < -0.4 is 5.32 Å². The van der Waals surface area contributed by atoms with Crippen molar-refractivity contribution in [1.82, 2.24) is 20.1 Å². The average Bonchev–Trinajstić information content (AvgIpc) is 2.81. The Morgan fingerprint density at radius 3 is 2.77 bits per heavy atom. The summed E-state index contributed by atoms with van der Waals surface area (Å²) in [5.41, 5.74) is 1.85. The molecule has 0 aliphatic carbocycles. The Morgan fingerprint density at radius 2 is 2.14 bits per heavy atom. The van der Waals surface area contributed by atoms with Crippen LogP contribution in [-0.2, 0) is 6.54 Å². The topological polar surface area (TPSA) is 63.0 Å². The van der Waals surface area contributed by atoms with Crippen molar-refractivity contribution in [2.75, 3.05) is 13.2 Å². The van der Waals surface area contributed by atoms with Crippen molar-refractivity contribution in [3.8, 4) is 0 Å². The molecule has 6 heteroatoms. The number of halogens is 1. The van der Waals surface area contributed by atoms with Gasteiger partial charge in [0.25, 0.3) is 0 Å². The number of aliphatic hydroxyl groups excluding tert-OH is 1. The predicted octanol–water partition coefficient (Wildman–Crippen LogP) is 3.16. The minimum atomic E-state index is 0.0568. The molecule has 0 saturated carbocycles. The van der Waals surface area contributed by atoms with Gasteiger partial charge in [-0.15, -0.1) is 0 Å². The third-order valence-corrected chi connectivity index (χ3v) is 4.12. The molecule has 122 valence electrons. The maximum Gasteiger partial charge on any atom is 0.159 e. The monoisotopic (exact) mass is 324 g/mol. The van der Waals surface area contributed by atoms with Crippen LogP contribution >= 0.6 is 11.6 Å². The van der Waals surface area contributed by atoms with Crippen molar-refractivity contribution < 1.29 is 5.11 Å². The normalized spacial score (nSPS) is 12.5. The van der Waals surface area contributed by atoms with Crippen LogP contribution in [0.25, 0.3) is 11.0 Å². The maximum atomic E-state index is 9.06. The number of nitrogens with one attached hydrogen (secondary N) is 1. The van der Waals surface area contributed by atoms with E-state index in [4.69, 9.17) is 16.7 Å². The highest BCUT2D eigenvalue weighted by atomic mass is 35.5. The fraction of sp³-hybridized carbons (Fsp3) is 0.625. The van der Waals surface area contributed by atoms with Gasteiger partial charge in [-0.1, -0.05) is 25.4 Å². The molecule has 2 N–H and O–H groups in total. The number of hydrogen-bond donors (Lipinski definition) is 2. The zero-order valence-corrected chi connectivity index (χ0v) is 14.5. The summed E-state index contributed by atoms with van der Waals surface area (Å²) in [6.07, 6.45) is 2.60. The molecule has 5 nitrogen and oxygen atoms in total. The van der Waals surface area contributed by atoms with Crippen molar-refractivity contribution in [2.45, 2.75) is 46.7 Å². The molecule has 0 saturated heterocycles. The van der Waals surface area contributed by atoms with Crippen LogP contribution in [0.15, 0.2) is 12.3 Å². The molecule has 2 heterocycles. The minimum Gasteiger partial charge on any atom is -0.396 e. The van der Waals surface area contributed by atoms with Crippen LogP contribution in [0.1, 0.15) is 45.7 Å². The maximum absolute atomic E-state index is 9.06. The highest BCUT2D eigenvalue weighted by Gasteiger charge is 2.17. The van der Waals surface area contributed by atoms with Crippen LogP contribution in [0.2, 0.25) is 5.15 Å². The Balaban J connectivity index is 2.11. The summed E-state index contributed by atoms with van der Waals surface area (Å²) in [7, 11) is 0. The molecule has 22 heavy (non-hydrogen) atoms. The fourth-order valence-electron chi connectivity index (χ4n) is 2.43. The highest BCUT2D eigenvalue weighted by Crippen LogP contribution is 2.23. The molecule has 0 aliphatic rings. The molecule has 0 atom stereocenters. The van der Waals surface area contributed by atoms with E-state index in [9.17, 15) is 0 Å². The summed E-state index contributed by atoms with van der Waals surface area (Å²) in [4.78, 5) is 4.49. The van der Waals surface area contributed by atoms with Gasteiger partial charge in [0.1, 0.15) is 5.15 Å². The lowest BCUT2D eigenvalue weighted by Gasteiger charge is -2.24. The SMILES string of the molecule is CC(C)n1ncc2cc(CNCC(C)(C)CCO)c(Cl)nc21. The molecule has 0 fully saturated rings. The predicted molar refractivity (Wildman–Crippen MR) is 90.1 cm³/mol. The lowest BCUT2D eigenvalue weighted by molar-refractivity contribution is 0.207. The first-order valence-corrected chi connectivity index (χ1v) is 8.06. The zero-order valence-electron chi connectivity index (χ0n) is 13.7. The van der Waals surface area contributed by atoms with Gasteiger partial charge in [0.15, 0.2) is 5.65 Å². The number of pyridine rings is 1. The minimum absolute atomic E-state index is 0.0568. The summed E-state index contributed by atoms with van der Waals surface area (Å²) < 4.78 is 1.88. The van der Waals surface area contributed by atoms with E-state index in [2.05, 4.69) is 43.1 Å². The smallest absolute Gasteiger partial charge is 0.159 e. The highest BCUT2D eigenvalue weighted by molar-refractivity contribution is 6.30. The van der Waals surface area contributed by atoms with Gasteiger partial charge in [-0.25, -0.2) is 9.67 Å².